The number of hydrogen-bond acceptors (Lipinski definition) is 3. The van der Waals surface area contributed by atoms with Crippen molar-refractivity contribution in [1.29, 1.82) is 0 Å². The van der Waals surface area contributed by atoms with Gasteiger partial charge in [0, 0.05) is 25.8 Å². The third-order valence-electron chi connectivity index (χ3n) is 2.97. The Kier molecular flexibility index (Phi) is 6.05. The second kappa shape index (κ2) is 7.55. The van der Waals surface area contributed by atoms with Crippen LogP contribution in [-0.4, -0.2) is 32.9 Å². The molecule has 1 aliphatic rings. The molecule has 0 aromatic heterocycles. The molecule has 0 bridgehead atoms. The van der Waals surface area contributed by atoms with E-state index in [4.69, 9.17) is 44.3 Å². The molecule has 3 nitrogen and oxygen atoms in total. The van der Waals surface area contributed by atoms with Crippen LogP contribution in [0, 0.1) is 5.92 Å². The Balaban J connectivity index is 1.69. The first-order valence-electron chi connectivity index (χ1n) is 6.22. The average molecular weight is 325 g/mol. The van der Waals surface area contributed by atoms with Crippen molar-refractivity contribution >= 4 is 34.8 Å². The van der Waals surface area contributed by atoms with Crippen molar-refractivity contribution in [3.8, 4) is 5.75 Å². The molecule has 1 atom stereocenters. The third kappa shape index (κ3) is 4.69. The molecular formula is C13H16Cl3NO2. The zero-order chi connectivity index (χ0) is 13.7. The summed E-state index contributed by atoms with van der Waals surface area (Å²) in [5.74, 6) is 1.18. The summed E-state index contributed by atoms with van der Waals surface area (Å²) in [6.45, 7) is 3.98. The maximum atomic E-state index is 6.01. The van der Waals surface area contributed by atoms with Crippen LogP contribution in [0.1, 0.15) is 6.42 Å². The van der Waals surface area contributed by atoms with E-state index in [0.29, 0.717) is 33.3 Å². The van der Waals surface area contributed by atoms with Crippen LogP contribution in [-0.2, 0) is 4.74 Å². The van der Waals surface area contributed by atoms with Gasteiger partial charge in [0.2, 0.25) is 0 Å². The highest BCUT2D eigenvalue weighted by Gasteiger charge is 2.14. The first kappa shape index (κ1) is 15.2. The van der Waals surface area contributed by atoms with E-state index in [0.717, 1.165) is 32.7 Å². The van der Waals surface area contributed by atoms with Gasteiger partial charge in [-0.25, -0.2) is 0 Å². The van der Waals surface area contributed by atoms with Crippen LogP contribution >= 0.6 is 34.8 Å². The topological polar surface area (TPSA) is 30.5 Å². The second-order valence-electron chi connectivity index (χ2n) is 4.48. The summed E-state index contributed by atoms with van der Waals surface area (Å²) in [6.07, 6.45) is 1.13. The van der Waals surface area contributed by atoms with Crippen LogP contribution < -0.4 is 10.1 Å². The lowest BCUT2D eigenvalue weighted by Gasteiger charge is -2.11. The van der Waals surface area contributed by atoms with E-state index in [-0.39, 0.29) is 0 Å². The van der Waals surface area contributed by atoms with Gasteiger partial charge in [-0.1, -0.05) is 34.8 Å². The van der Waals surface area contributed by atoms with Gasteiger partial charge in [0.25, 0.3) is 0 Å². The lowest BCUT2D eigenvalue weighted by molar-refractivity contribution is 0.185. The molecule has 0 spiro atoms. The number of nitrogens with one attached hydrogen (secondary N) is 1. The molecular weight excluding hydrogens is 309 g/mol. The van der Waals surface area contributed by atoms with E-state index in [1.165, 1.54) is 0 Å². The second-order valence-corrected chi connectivity index (χ2v) is 5.70. The molecule has 1 aromatic rings. The fourth-order valence-electron chi connectivity index (χ4n) is 1.90. The maximum Gasteiger partial charge on any atom is 0.139 e. The highest BCUT2D eigenvalue weighted by Crippen LogP contribution is 2.33. The molecule has 0 saturated carbocycles. The van der Waals surface area contributed by atoms with Crippen LogP contribution in [0.4, 0.5) is 0 Å². The summed E-state index contributed by atoms with van der Waals surface area (Å²) in [7, 11) is 0. The smallest absolute Gasteiger partial charge is 0.139 e. The zero-order valence-electron chi connectivity index (χ0n) is 10.4. The molecule has 0 radical (unpaired) electrons. The van der Waals surface area contributed by atoms with Crippen molar-refractivity contribution in [3.05, 3.63) is 27.2 Å². The molecule has 1 saturated heterocycles. The van der Waals surface area contributed by atoms with Gasteiger partial charge >= 0.3 is 0 Å². The normalized spacial score (nSPS) is 18.8. The van der Waals surface area contributed by atoms with E-state index in [9.17, 15) is 0 Å². The first-order chi connectivity index (χ1) is 9.16. The minimum Gasteiger partial charge on any atom is -0.491 e. The molecule has 1 fully saturated rings. The van der Waals surface area contributed by atoms with Crippen molar-refractivity contribution in [2.45, 2.75) is 6.42 Å². The molecule has 6 heteroatoms. The zero-order valence-corrected chi connectivity index (χ0v) is 12.7. The number of rotatable bonds is 6. The van der Waals surface area contributed by atoms with Gasteiger partial charge in [-0.3, -0.25) is 0 Å². The SMILES string of the molecule is Clc1cc(Cl)c(OCCNCC2CCOC2)cc1Cl. The van der Waals surface area contributed by atoms with Gasteiger partial charge in [-0.2, -0.15) is 0 Å². The van der Waals surface area contributed by atoms with Crippen molar-refractivity contribution in [3.63, 3.8) is 0 Å². The fourth-order valence-corrected chi connectivity index (χ4v) is 2.49. The van der Waals surface area contributed by atoms with Gasteiger partial charge in [0.05, 0.1) is 21.7 Å². The first-order valence-corrected chi connectivity index (χ1v) is 7.36. The van der Waals surface area contributed by atoms with Gasteiger partial charge in [-0.05, 0) is 18.4 Å². The Morgan fingerprint density at radius 2 is 2.00 bits per heavy atom. The van der Waals surface area contributed by atoms with E-state index in [2.05, 4.69) is 5.32 Å². The van der Waals surface area contributed by atoms with Gasteiger partial charge in [-0.15, -0.1) is 0 Å². The molecule has 1 aromatic carbocycles. The molecule has 106 valence electrons. The number of benzene rings is 1. The Hall–Kier alpha value is -0.190. The van der Waals surface area contributed by atoms with Crippen molar-refractivity contribution in [1.82, 2.24) is 5.32 Å². The number of hydrogen-bond donors (Lipinski definition) is 1. The molecule has 0 aliphatic carbocycles. The highest BCUT2D eigenvalue weighted by atomic mass is 35.5. The van der Waals surface area contributed by atoms with Crippen LogP contribution in [0.2, 0.25) is 15.1 Å². The van der Waals surface area contributed by atoms with Gasteiger partial charge in [0.1, 0.15) is 12.4 Å². The molecule has 1 aliphatic heterocycles. The average Bonchev–Trinajstić information content (AvgIpc) is 2.88. The van der Waals surface area contributed by atoms with E-state index >= 15 is 0 Å². The predicted octanol–water partition coefficient (Wildman–Crippen LogP) is 3.65. The van der Waals surface area contributed by atoms with Crippen molar-refractivity contribution in [2.24, 2.45) is 5.92 Å². The standard InChI is InChI=1S/C13H16Cl3NO2/c14-10-5-12(16)13(6-11(10)15)19-4-2-17-7-9-1-3-18-8-9/h5-6,9,17H,1-4,7-8H2. The lowest BCUT2D eigenvalue weighted by atomic mass is 10.1. The molecule has 1 heterocycles. The van der Waals surface area contributed by atoms with Crippen LogP contribution in [0.3, 0.4) is 0 Å². The summed E-state index contributed by atoms with van der Waals surface area (Å²) in [6, 6.07) is 3.22. The summed E-state index contributed by atoms with van der Waals surface area (Å²) in [5, 5.41) is 4.68. The van der Waals surface area contributed by atoms with Crippen LogP contribution in [0.5, 0.6) is 5.75 Å². The van der Waals surface area contributed by atoms with E-state index < -0.39 is 0 Å². The largest absolute Gasteiger partial charge is 0.491 e. The molecule has 19 heavy (non-hydrogen) atoms. The number of ether oxygens (including phenoxy) is 2. The molecule has 2 rings (SSSR count). The Morgan fingerprint density at radius 3 is 2.74 bits per heavy atom. The van der Waals surface area contributed by atoms with E-state index in [1.807, 2.05) is 0 Å². The van der Waals surface area contributed by atoms with Gasteiger partial charge in [0.15, 0.2) is 0 Å². The quantitative estimate of drug-likeness (QED) is 0.640. The minimum atomic E-state index is 0.429. The summed E-state index contributed by atoms with van der Waals surface area (Å²) >= 11 is 17.8. The molecule has 1 N–H and O–H groups in total. The maximum absolute atomic E-state index is 6.01. The summed E-state index contributed by atoms with van der Waals surface area (Å²) in [4.78, 5) is 0. The molecule has 0 amide bonds. The van der Waals surface area contributed by atoms with Crippen molar-refractivity contribution < 1.29 is 9.47 Å². The van der Waals surface area contributed by atoms with Gasteiger partial charge < -0.3 is 14.8 Å². The predicted molar refractivity (Wildman–Crippen MR) is 78.8 cm³/mol. The minimum absolute atomic E-state index is 0.429. The summed E-state index contributed by atoms with van der Waals surface area (Å²) < 4.78 is 10.9. The number of halogens is 3. The highest BCUT2D eigenvalue weighted by molar-refractivity contribution is 6.43. The van der Waals surface area contributed by atoms with Crippen LogP contribution in [0.25, 0.3) is 0 Å². The Bertz CT molecular complexity index is 423. The monoisotopic (exact) mass is 323 g/mol. The van der Waals surface area contributed by atoms with Crippen LogP contribution in [0.15, 0.2) is 12.1 Å². The van der Waals surface area contributed by atoms with Crippen molar-refractivity contribution in [2.75, 3.05) is 32.9 Å². The Labute approximate surface area is 128 Å². The molecule has 1 unspecified atom stereocenters. The third-order valence-corrected chi connectivity index (χ3v) is 3.99. The summed E-state index contributed by atoms with van der Waals surface area (Å²) in [5.41, 5.74) is 0. The van der Waals surface area contributed by atoms with E-state index in [1.54, 1.807) is 12.1 Å². The fraction of sp³-hybridized carbons (Fsp3) is 0.538. The Morgan fingerprint density at radius 1 is 1.21 bits per heavy atom. The lowest BCUT2D eigenvalue weighted by Crippen LogP contribution is -2.27.